The first-order chi connectivity index (χ1) is 5.29. The van der Waals surface area contributed by atoms with E-state index in [0.717, 1.165) is 0 Å². The van der Waals surface area contributed by atoms with E-state index < -0.39 is 0 Å². The number of anilines is 1. The van der Waals surface area contributed by atoms with Crippen molar-refractivity contribution in [2.75, 3.05) is 5.73 Å². The molecule has 0 spiro atoms. The molecule has 2 N–H and O–H groups in total. The smallest absolute Gasteiger partial charge is 0.179 e. The summed E-state index contributed by atoms with van der Waals surface area (Å²) in [5.74, 6) is 0.393. The Kier molecular flexibility index (Phi) is 1.12. The first-order valence-electron chi connectivity index (χ1n) is 3.12. The fourth-order valence-corrected chi connectivity index (χ4v) is 0.957. The molecule has 2 rings (SSSR count). The largest absolute Gasteiger partial charge is 0.381 e. The molecule has 2 aromatic heterocycles. The monoisotopic (exact) mass is 144 g/mol. The van der Waals surface area contributed by atoms with Crippen molar-refractivity contribution in [2.24, 2.45) is 0 Å². The predicted molar refractivity (Wildman–Crippen MR) is 42.8 cm³/mol. The fourth-order valence-electron chi connectivity index (χ4n) is 0.957. The fraction of sp³-hybridized carbons (Fsp3) is 0. The van der Waals surface area contributed by atoms with Gasteiger partial charge in [-0.25, -0.2) is 9.97 Å². The van der Waals surface area contributed by atoms with E-state index in [-0.39, 0.29) is 0 Å². The number of hydrogen-bond donors (Lipinski definition) is 1. The molecule has 11 heavy (non-hydrogen) atoms. The van der Waals surface area contributed by atoms with Crippen molar-refractivity contribution in [1.82, 2.24) is 14.4 Å². The van der Waals surface area contributed by atoms with Crippen LogP contribution in [0.5, 0.6) is 0 Å². The van der Waals surface area contributed by atoms with Crippen LogP contribution in [0.15, 0.2) is 18.6 Å². The van der Waals surface area contributed by atoms with Crippen LogP contribution in [0.25, 0.3) is 5.65 Å². The van der Waals surface area contributed by atoms with Gasteiger partial charge < -0.3 is 10.1 Å². The molecule has 0 fully saturated rings. The minimum Gasteiger partial charge on any atom is -0.381 e. The molecule has 0 saturated heterocycles. The second kappa shape index (κ2) is 1.98. The van der Waals surface area contributed by atoms with Gasteiger partial charge in [-0.1, -0.05) is 0 Å². The van der Waals surface area contributed by atoms with Gasteiger partial charge in [-0.2, -0.15) is 0 Å². The highest BCUT2D eigenvalue weighted by atomic mass is 15.0. The minimum atomic E-state index is 0.393. The summed E-state index contributed by atoms with van der Waals surface area (Å²) in [5.41, 5.74) is 6.66. The zero-order chi connectivity index (χ0) is 7.84. The molecule has 4 nitrogen and oxygen atoms in total. The lowest BCUT2D eigenvalue weighted by Gasteiger charge is -1.99. The number of nitrogens with zero attached hydrogens (tertiary/aromatic N) is 3. The van der Waals surface area contributed by atoms with Crippen molar-refractivity contribution in [3.8, 4) is 0 Å². The van der Waals surface area contributed by atoms with Crippen molar-refractivity contribution in [3.05, 3.63) is 18.6 Å². The summed E-state index contributed by atoms with van der Waals surface area (Å²) >= 11 is 0. The van der Waals surface area contributed by atoms with Crippen molar-refractivity contribution in [3.63, 3.8) is 0 Å². The molecule has 0 aliphatic heterocycles. The molecule has 0 amide bonds. The third kappa shape index (κ3) is 0.773. The highest BCUT2D eigenvalue weighted by Crippen LogP contribution is 2.03. The molecule has 0 aromatic carbocycles. The van der Waals surface area contributed by atoms with Gasteiger partial charge >= 0.3 is 0 Å². The van der Waals surface area contributed by atoms with Gasteiger partial charge in [-0.05, 0) is 5.59 Å². The zero-order valence-corrected chi connectivity index (χ0v) is 5.73. The first-order valence-corrected chi connectivity index (χ1v) is 3.12. The molecule has 52 valence electrons. The normalized spacial score (nSPS) is 10.5. The zero-order valence-electron chi connectivity index (χ0n) is 5.73. The molecule has 0 bridgehead atoms. The third-order valence-electron chi connectivity index (χ3n) is 1.48. The van der Waals surface area contributed by atoms with Crippen molar-refractivity contribution < 1.29 is 0 Å². The van der Waals surface area contributed by atoms with E-state index in [2.05, 4.69) is 9.97 Å². The standard InChI is InChI=1S/C6H5BN4/c7-4-3-10-5(8)6-9-1-2-11(4)6/h1-3H,(H2,8,10). The summed E-state index contributed by atoms with van der Waals surface area (Å²) < 4.78 is 1.68. The van der Waals surface area contributed by atoms with Crippen LogP contribution in [0.1, 0.15) is 0 Å². The summed E-state index contributed by atoms with van der Waals surface area (Å²) in [4.78, 5) is 7.82. The van der Waals surface area contributed by atoms with Crippen molar-refractivity contribution >= 4 is 24.9 Å². The topological polar surface area (TPSA) is 56.2 Å². The Balaban J connectivity index is 2.96. The number of aromatic nitrogens is 3. The molecule has 2 aromatic rings. The average Bonchev–Trinajstić information content (AvgIpc) is 2.45. The molecular weight excluding hydrogens is 139 g/mol. The van der Waals surface area contributed by atoms with E-state index in [0.29, 0.717) is 17.1 Å². The van der Waals surface area contributed by atoms with E-state index >= 15 is 0 Å². The summed E-state index contributed by atoms with van der Waals surface area (Å²) in [5, 5.41) is 0. The van der Waals surface area contributed by atoms with Gasteiger partial charge in [0.15, 0.2) is 11.5 Å². The van der Waals surface area contributed by atoms with Gasteiger partial charge in [0.25, 0.3) is 0 Å². The molecular formula is C6H5BN4. The van der Waals surface area contributed by atoms with Gasteiger partial charge in [0.1, 0.15) is 7.85 Å². The van der Waals surface area contributed by atoms with Gasteiger partial charge in [-0.3, -0.25) is 0 Å². The highest BCUT2D eigenvalue weighted by Gasteiger charge is 2.00. The summed E-state index contributed by atoms with van der Waals surface area (Å²) in [6, 6.07) is 0. The van der Waals surface area contributed by atoms with Crippen LogP contribution in [0, 0.1) is 0 Å². The van der Waals surface area contributed by atoms with Crippen LogP contribution in [-0.4, -0.2) is 22.2 Å². The molecule has 0 unspecified atom stereocenters. The Morgan fingerprint density at radius 1 is 1.45 bits per heavy atom. The molecule has 0 aliphatic carbocycles. The van der Waals surface area contributed by atoms with Crippen LogP contribution >= 0.6 is 0 Å². The lowest BCUT2D eigenvalue weighted by Crippen LogP contribution is -2.15. The van der Waals surface area contributed by atoms with Crippen LogP contribution in [0.4, 0.5) is 5.82 Å². The second-order valence-corrected chi connectivity index (χ2v) is 2.19. The number of rotatable bonds is 0. The van der Waals surface area contributed by atoms with Crippen LogP contribution in [0.3, 0.4) is 0 Å². The minimum absolute atomic E-state index is 0.393. The van der Waals surface area contributed by atoms with Crippen LogP contribution in [0.2, 0.25) is 0 Å². The van der Waals surface area contributed by atoms with Crippen molar-refractivity contribution in [1.29, 1.82) is 0 Å². The van der Waals surface area contributed by atoms with Crippen LogP contribution in [-0.2, 0) is 0 Å². The van der Waals surface area contributed by atoms with Crippen molar-refractivity contribution in [2.45, 2.75) is 0 Å². The maximum atomic E-state index is 5.57. The van der Waals surface area contributed by atoms with Crippen LogP contribution < -0.4 is 11.3 Å². The highest BCUT2D eigenvalue weighted by molar-refractivity contribution is 6.31. The maximum Gasteiger partial charge on any atom is 0.179 e. The van der Waals surface area contributed by atoms with E-state index in [9.17, 15) is 0 Å². The molecule has 0 aliphatic rings. The van der Waals surface area contributed by atoms with E-state index in [4.69, 9.17) is 13.6 Å². The molecule has 5 heteroatoms. The molecule has 0 saturated carbocycles. The Morgan fingerprint density at radius 3 is 3.00 bits per heavy atom. The summed E-state index contributed by atoms with van der Waals surface area (Å²) in [6.07, 6.45) is 4.87. The second-order valence-electron chi connectivity index (χ2n) is 2.19. The Labute approximate surface area is 64.5 Å². The van der Waals surface area contributed by atoms with E-state index in [1.54, 1.807) is 16.8 Å². The quantitative estimate of drug-likeness (QED) is 0.487. The Hall–Kier alpha value is -1.52. The van der Waals surface area contributed by atoms with E-state index in [1.165, 1.54) is 6.20 Å². The number of nitrogens with two attached hydrogens (primary N) is 1. The number of imidazole rings is 1. The lowest BCUT2D eigenvalue weighted by atomic mass is 10.1. The first kappa shape index (κ1) is 6.21. The average molecular weight is 144 g/mol. The molecule has 0 atom stereocenters. The maximum absolute atomic E-state index is 5.57. The number of fused-ring (bicyclic) bond motifs is 1. The number of nitrogen functional groups attached to an aromatic ring is 1. The molecule has 2 radical (unpaired) electrons. The van der Waals surface area contributed by atoms with Gasteiger partial charge in [-0.15, -0.1) is 0 Å². The Bertz CT molecular complexity index is 358. The predicted octanol–water partition coefficient (Wildman–Crippen LogP) is -0.895. The van der Waals surface area contributed by atoms with Gasteiger partial charge in [0.2, 0.25) is 0 Å². The molecule has 2 heterocycles. The lowest BCUT2D eigenvalue weighted by molar-refractivity contribution is 1.18. The van der Waals surface area contributed by atoms with E-state index in [1.807, 2.05) is 0 Å². The van der Waals surface area contributed by atoms with Gasteiger partial charge in [0.05, 0.1) is 0 Å². The number of hydrogen-bond acceptors (Lipinski definition) is 3. The van der Waals surface area contributed by atoms with Gasteiger partial charge in [0, 0.05) is 18.6 Å². The Morgan fingerprint density at radius 2 is 2.27 bits per heavy atom. The third-order valence-corrected chi connectivity index (χ3v) is 1.48. The summed E-state index contributed by atoms with van der Waals surface area (Å²) in [6.45, 7) is 0. The SMILES string of the molecule is [B]c1cnc(N)c2nccn12. The summed E-state index contributed by atoms with van der Waals surface area (Å²) in [7, 11) is 5.57.